The summed E-state index contributed by atoms with van der Waals surface area (Å²) in [6.45, 7) is 0.867. The number of fused-ring (bicyclic) bond motifs is 1. The van der Waals surface area contributed by atoms with Crippen LogP contribution < -0.4 is 19.5 Å². The maximum Gasteiger partial charge on any atom is 0.204 e. The molecule has 2 aromatic rings. The summed E-state index contributed by atoms with van der Waals surface area (Å²) in [5.41, 5.74) is 1.82. The second-order valence-electron chi connectivity index (χ2n) is 4.13. The molecule has 0 fully saturated rings. The maximum absolute atomic E-state index is 5.59. The van der Waals surface area contributed by atoms with Crippen LogP contribution in [0.15, 0.2) is 16.7 Å². The van der Waals surface area contributed by atoms with Crippen molar-refractivity contribution in [1.29, 1.82) is 0 Å². The van der Waals surface area contributed by atoms with Crippen molar-refractivity contribution in [2.75, 3.05) is 34.9 Å². The summed E-state index contributed by atoms with van der Waals surface area (Å²) in [6.07, 6.45) is 2.61. The van der Waals surface area contributed by atoms with Crippen LogP contribution >= 0.6 is 0 Å². The molecule has 0 atom stereocenters. The average molecular weight is 265 g/mol. The number of ether oxygens (including phenoxy) is 3. The van der Waals surface area contributed by atoms with Gasteiger partial charge in [0.15, 0.2) is 11.5 Å². The smallest absolute Gasteiger partial charge is 0.204 e. The van der Waals surface area contributed by atoms with Crippen molar-refractivity contribution in [3.05, 3.63) is 17.9 Å². The fourth-order valence-electron chi connectivity index (χ4n) is 2.17. The minimum atomic E-state index is 0.588. The van der Waals surface area contributed by atoms with Gasteiger partial charge in [-0.3, -0.25) is 0 Å². The summed E-state index contributed by atoms with van der Waals surface area (Å²) in [7, 11) is 6.72. The van der Waals surface area contributed by atoms with Crippen LogP contribution in [0, 0.1) is 0 Å². The summed E-state index contributed by atoms with van der Waals surface area (Å²) < 4.78 is 21.8. The van der Waals surface area contributed by atoms with Gasteiger partial charge in [-0.2, -0.15) is 0 Å². The van der Waals surface area contributed by atoms with E-state index >= 15 is 0 Å². The minimum Gasteiger partial charge on any atom is -0.493 e. The number of furan rings is 1. The summed E-state index contributed by atoms with van der Waals surface area (Å²) in [6, 6.07) is 1.82. The molecule has 104 valence electrons. The SMILES string of the molecule is CNCCc1coc2cc(OC)c(OC)c(OC)c12. The number of methoxy groups -OCH3 is 3. The number of hydrogen-bond acceptors (Lipinski definition) is 5. The molecule has 1 aromatic heterocycles. The van der Waals surface area contributed by atoms with E-state index in [1.54, 1.807) is 27.6 Å². The topological polar surface area (TPSA) is 52.9 Å². The average Bonchev–Trinajstić information content (AvgIpc) is 2.85. The van der Waals surface area contributed by atoms with Crippen molar-refractivity contribution in [3.63, 3.8) is 0 Å². The van der Waals surface area contributed by atoms with Crippen molar-refractivity contribution >= 4 is 11.0 Å². The van der Waals surface area contributed by atoms with Gasteiger partial charge < -0.3 is 23.9 Å². The highest BCUT2D eigenvalue weighted by Gasteiger charge is 2.20. The monoisotopic (exact) mass is 265 g/mol. The maximum atomic E-state index is 5.59. The first-order valence-electron chi connectivity index (χ1n) is 6.10. The summed E-state index contributed by atoms with van der Waals surface area (Å²) in [5, 5.41) is 4.06. The third-order valence-electron chi connectivity index (χ3n) is 3.09. The van der Waals surface area contributed by atoms with E-state index in [4.69, 9.17) is 18.6 Å². The molecule has 0 spiro atoms. The molecule has 0 amide bonds. The highest BCUT2D eigenvalue weighted by Crippen LogP contribution is 2.45. The lowest BCUT2D eigenvalue weighted by Crippen LogP contribution is -2.10. The van der Waals surface area contributed by atoms with Crippen LogP contribution in [-0.4, -0.2) is 34.9 Å². The van der Waals surface area contributed by atoms with Gasteiger partial charge in [-0.1, -0.05) is 0 Å². The minimum absolute atomic E-state index is 0.588. The van der Waals surface area contributed by atoms with Crippen LogP contribution in [-0.2, 0) is 6.42 Å². The van der Waals surface area contributed by atoms with E-state index < -0.39 is 0 Å². The number of hydrogen-bond donors (Lipinski definition) is 1. The van der Waals surface area contributed by atoms with Gasteiger partial charge in [0.1, 0.15) is 5.58 Å². The molecule has 0 bridgehead atoms. The fraction of sp³-hybridized carbons (Fsp3) is 0.429. The lowest BCUT2D eigenvalue weighted by atomic mass is 10.1. The molecule has 1 heterocycles. The predicted molar refractivity (Wildman–Crippen MR) is 73.5 cm³/mol. The van der Waals surface area contributed by atoms with E-state index in [9.17, 15) is 0 Å². The van der Waals surface area contributed by atoms with Crippen molar-refractivity contribution < 1.29 is 18.6 Å². The zero-order chi connectivity index (χ0) is 13.8. The van der Waals surface area contributed by atoms with Gasteiger partial charge in [0.2, 0.25) is 5.75 Å². The highest BCUT2D eigenvalue weighted by molar-refractivity contribution is 5.92. The van der Waals surface area contributed by atoms with E-state index in [1.165, 1.54) is 0 Å². The van der Waals surface area contributed by atoms with E-state index in [1.807, 2.05) is 13.1 Å². The molecule has 1 N–H and O–H groups in total. The molecule has 2 rings (SSSR count). The van der Waals surface area contributed by atoms with Crippen LogP contribution in [0.4, 0.5) is 0 Å². The van der Waals surface area contributed by atoms with Gasteiger partial charge in [-0.05, 0) is 20.0 Å². The van der Waals surface area contributed by atoms with Crippen molar-refractivity contribution in [3.8, 4) is 17.2 Å². The standard InChI is InChI=1S/C14H19NO4/c1-15-6-5-9-8-19-10-7-11(16-2)13(17-3)14(18-4)12(9)10/h7-8,15H,5-6H2,1-4H3. The Hall–Kier alpha value is -1.88. The Morgan fingerprint density at radius 1 is 1.11 bits per heavy atom. The Bertz CT molecular complexity index is 562. The third kappa shape index (κ3) is 2.33. The zero-order valence-electron chi connectivity index (χ0n) is 11.7. The van der Waals surface area contributed by atoms with Crippen LogP contribution in [0.5, 0.6) is 17.2 Å². The van der Waals surface area contributed by atoms with Crippen LogP contribution in [0.3, 0.4) is 0 Å². The molecule has 19 heavy (non-hydrogen) atoms. The van der Waals surface area contributed by atoms with Gasteiger partial charge in [0.25, 0.3) is 0 Å². The Morgan fingerprint density at radius 3 is 2.42 bits per heavy atom. The zero-order valence-corrected chi connectivity index (χ0v) is 11.7. The molecule has 0 saturated carbocycles. The number of likely N-dealkylation sites (N-methyl/N-ethyl adjacent to an activating group) is 1. The van der Waals surface area contributed by atoms with E-state index in [2.05, 4.69) is 5.32 Å². The Balaban J connectivity index is 2.64. The lowest BCUT2D eigenvalue weighted by molar-refractivity contribution is 0.326. The molecule has 0 aliphatic carbocycles. The van der Waals surface area contributed by atoms with E-state index in [0.29, 0.717) is 17.2 Å². The van der Waals surface area contributed by atoms with Crippen molar-refractivity contribution in [2.24, 2.45) is 0 Å². The van der Waals surface area contributed by atoms with Crippen LogP contribution in [0.1, 0.15) is 5.56 Å². The Labute approximate surface area is 112 Å². The molecule has 0 radical (unpaired) electrons. The van der Waals surface area contributed by atoms with Crippen molar-refractivity contribution in [2.45, 2.75) is 6.42 Å². The molecule has 1 aromatic carbocycles. The molecule has 5 heteroatoms. The number of rotatable bonds is 6. The number of benzene rings is 1. The second-order valence-corrected chi connectivity index (χ2v) is 4.13. The van der Waals surface area contributed by atoms with Gasteiger partial charge in [-0.25, -0.2) is 0 Å². The lowest BCUT2D eigenvalue weighted by Gasteiger charge is -2.13. The second kappa shape index (κ2) is 5.84. The molecule has 0 aliphatic heterocycles. The Morgan fingerprint density at radius 2 is 1.84 bits per heavy atom. The summed E-state index contributed by atoms with van der Waals surface area (Å²) in [5.74, 6) is 1.84. The summed E-state index contributed by atoms with van der Waals surface area (Å²) in [4.78, 5) is 0. The Kier molecular flexibility index (Phi) is 4.16. The molecular formula is C14H19NO4. The molecule has 0 saturated heterocycles. The largest absolute Gasteiger partial charge is 0.493 e. The first kappa shape index (κ1) is 13.5. The van der Waals surface area contributed by atoms with Gasteiger partial charge >= 0.3 is 0 Å². The van der Waals surface area contributed by atoms with Gasteiger partial charge in [0, 0.05) is 11.6 Å². The van der Waals surface area contributed by atoms with Crippen LogP contribution in [0.25, 0.3) is 11.0 Å². The molecule has 0 aliphatic rings. The van der Waals surface area contributed by atoms with E-state index in [0.717, 1.165) is 29.5 Å². The molecule has 0 unspecified atom stereocenters. The summed E-state index contributed by atoms with van der Waals surface area (Å²) >= 11 is 0. The third-order valence-corrected chi connectivity index (χ3v) is 3.09. The predicted octanol–water partition coefficient (Wildman–Crippen LogP) is 2.22. The van der Waals surface area contributed by atoms with E-state index in [-0.39, 0.29) is 0 Å². The van der Waals surface area contributed by atoms with Crippen LogP contribution in [0.2, 0.25) is 0 Å². The normalized spacial score (nSPS) is 10.7. The first-order valence-corrected chi connectivity index (χ1v) is 6.10. The quantitative estimate of drug-likeness (QED) is 0.868. The number of nitrogens with one attached hydrogen (secondary N) is 1. The molecular weight excluding hydrogens is 246 g/mol. The van der Waals surface area contributed by atoms with Gasteiger partial charge in [0.05, 0.1) is 33.0 Å². The van der Waals surface area contributed by atoms with Crippen molar-refractivity contribution in [1.82, 2.24) is 5.32 Å². The highest BCUT2D eigenvalue weighted by atomic mass is 16.5. The molecule has 5 nitrogen and oxygen atoms in total. The first-order chi connectivity index (χ1) is 9.26. The fourth-order valence-corrected chi connectivity index (χ4v) is 2.17. The van der Waals surface area contributed by atoms with Gasteiger partial charge in [-0.15, -0.1) is 0 Å².